The number of benzene rings is 3. The predicted molar refractivity (Wildman–Crippen MR) is 133 cm³/mol. The van der Waals surface area contributed by atoms with E-state index in [2.05, 4.69) is 12.2 Å². The first-order valence-corrected chi connectivity index (χ1v) is 11.8. The van der Waals surface area contributed by atoms with Crippen molar-refractivity contribution >= 4 is 6.08 Å². The Morgan fingerprint density at radius 2 is 1.26 bits per heavy atom. The Bertz CT molecular complexity index is 1060. The van der Waals surface area contributed by atoms with Gasteiger partial charge in [0.15, 0.2) is 0 Å². The molecule has 178 valence electrons. The Morgan fingerprint density at radius 1 is 0.765 bits per heavy atom. The predicted octanol–water partition coefficient (Wildman–Crippen LogP) is 6.38. The summed E-state index contributed by atoms with van der Waals surface area (Å²) in [7, 11) is 0. The standard InChI is InChI=1S/C29H32O5/c1-2-33-19-24-18-23(5-3-4-20-6-12-25(30)13-7-20)28(21-8-14-26(31)15-9-21)34-29(24)22-10-16-27(32)17-11-22/h3-4,6-17,23-24,28-32H,2,5,18-19H2,1H3. The van der Waals surface area contributed by atoms with Crippen molar-refractivity contribution in [3.05, 3.63) is 95.6 Å². The second kappa shape index (κ2) is 11.2. The Morgan fingerprint density at radius 3 is 1.79 bits per heavy atom. The highest BCUT2D eigenvalue weighted by Gasteiger charge is 2.39. The number of phenols is 3. The van der Waals surface area contributed by atoms with Gasteiger partial charge in [-0.15, -0.1) is 0 Å². The number of allylic oxidation sites excluding steroid dienone is 1. The average Bonchev–Trinajstić information content (AvgIpc) is 2.85. The molecule has 1 fully saturated rings. The lowest BCUT2D eigenvalue weighted by Gasteiger charge is -2.42. The lowest BCUT2D eigenvalue weighted by molar-refractivity contribution is -0.135. The van der Waals surface area contributed by atoms with Gasteiger partial charge in [-0.25, -0.2) is 0 Å². The molecule has 3 N–H and O–H groups in total. The molecular formula is C29H32O5. The van der Waals surface area contributed by atoms with Gasteiger partial charge in [0, 0.05) is 12.5 Å². The molecule has 0 aromatic heterocycles. The average molecular weight is 461 g/mol. The quantitative estimate of drug-likeness (QED) is 0.364. The molecule has 0 amide bonds. The molecule has 4 unspecified atom stereocenters. The third kappa shape index (κ3) is 5.99. The van der Waals surface area contributed by atoms with E-state index in [1.807, 2.05) is 43.3 Å². The van der Waals surface area contributed by atoms with Crippen LogP contribution >= 0.6 is 0 Å². The van der Waals surface area contributed by atoms with Crippen molar-refractivity contribution in [3.8, 4) is 17.2 Å². The van der Waals surface area contributed by atoms with Gasteiger partial charge in [-0.1, -0.05) is 48.6 Å². The molecule has 5 heteroatoms. The molecule has 0 spiro atoms. The molecule has 5 nitrogen and oxygen atoms in total. The first kappa shape index (κ1) is 23.9. The van der Waals surface area contributed by atoms with Crippen LogP contribution in [0.15, 0.2) is 78.9 Å². The maximum absolute atomic E-state index is 9.79. The fourth-order valence-electron chi connectivity index (χ4n) is 4.65. The summed E-state index contributed by atoms with van der Waals surface area (Å²) in [6.07, 6.45) is 5.64. The minimum atomic E-state index is -0.164. The highest BCUT2D eigenvalue weighted by Crippen LogP contribution is 2.47. The van der Waals surface area contributed by atoms with E-state index < -0.39 is 0 Å². The van der Waals surface area contributed by atoms with Crippen LogP contribution in [0.2, 0.25) is 0 Å². The maximum atomic E-state index is 9.79. The molecule has 1 aliphatic rings. The third-order valence-corrected chi connectivity index (χ3v) is 6.38. The van der Waals surface area contributed by atoms with Crippen LogP contribution in [0.5, 0.6) is 17.2 Å². The summed E-state index contributed by atoms with van der Waals surface area (Å²) >= 11 is 0. The Balaban J connectivity index is 1.61. The molecule has 34 heavy (non-hydrogen) atoms. The van der Waals surface area contributed by atoms with Crippen molar-refractivity contribution < 1.29 is 24.8 Å². The lowest BCUT2D eigenvalue weighted by atomic mass is 9.78. The zero-order valence-electron chi connectivity index (χ0n) is 19.4. The first-order valence-electron chi connectivity index (χ1n) is 11.8. The highest BCUT2D eigenvalue weighted by molar-refractivity contribution is 5.50. The molecule has 1 heterocycles. The van der Waals surface area contributed by atoms with Gasteiger partial charge in [0.1, 0.15) is 17.2 Å². The van der Waals surface area contributed by atoms with E-state index in [4.69, 9.17) is 9.47 Å². The second-order valence-electron chi connectivity index (χ2n) is 8.81. The van der Waals surface area contributed by atoms with Crippen LogP contribution in [-0.4, -0.2) is 28.5 Å². The minimum Gasteiger partial charge on any atom is -0.508 e. The number of rotatable bonds is 8. The van der Waals surface area contributed by atoms with Crippen LogP contribution in [0.4, 0.5) is 0 Å². The van der Waals surface area contributed by atoms with Gasteiger partial charge in [0.2, 0.25) is 0 Å². The molecule has 0 aliphatic carbocycles. The molecule has 1 aliphatic heterocycles. The zero-order chi connectivity index (χ0) is 23.9. The lowest BCUT2D eigenvalue weighted by Crippen LogP contribution is -2.34. The van der Waals surface area contributed by atoms with Gasteiger partial charge in [0.25, 0.3) is 0 Å². The van der Waals surface area contributed by atoms with E-state index in [0.717, 1.165) is 29.5 Å². The smallest absolute Gasteiger partial charge is 0.115 e. The molecule has 4 atom stereocenters. The number of phenolic OH excluding ortho intramolecular Hbond substituents is 3. The molecular weight excluding hydrogens is 428 g/mol. The molecule has 3 aromatic rings. The van der Waals surface area contributed by atoms with Crippen LogP contribution in [0.25, 0.3) is 6.08 Å². The SMILES string of the molecule is CCOCC1CC(CC=Cc2ccc(O)cc2)C(c2ccc(O)cc2)OC1c1ccc(O)cc1. The third-order valence-electron chi connectivity index (χ3n) is 6.38. The molecule has 1 saturated heterocycles. The fraction of sp³-hybridized carbons (Fsp3) is 0.310. The zero-order valence-corrected chi connectivity index (χ0v) is 19.4. The molecule has 4 rings (SSSR count). The summed E-state index contributed by atoms with van der Waals surface area (Å²) < 4.78 is 12.6. The van der Waals surface area contributed by atoms with E-state index in [-0.39, 0.29) is 41.3 Å². The van der Waals surface area contributed by atoms with Crippen molar-refractivity contribution in [2.75, 3.05) is 13.2 Å². The Hall–Kier alpha value is -3.28. The number of ether oxygens (including phenoxy) is 2. The van der Waals surface area contributed by atoms with Gasteiger partial charge < -0.3 is 24.8 Å². The van der Waals surface area contributed by atoms with Gasteiger partial charge in [-0.2, -0.15) is 0 Å². The Labute approximate surface area is 200 Å². The van der Waals surface area contributed by atoms with Crippen molar-refractivity contribution in [1.29, 1.82) is 0 Å². The van der Waals surface area contributed by atoms with E-state index in [1.54, 1.807) is 36.4 Å². The topological polar surface area (TPSA) is 79.2 Å². The number of hydrogen-bond acceptors (Lipinski definition) is 5. The molecule has 3 aromatic carbocycles. The minimum absolute atomic E-state index is 0.151. The molecule has 0 saturated carbocycles. The normalized spacial score (nSPS) is 22.7. The summed E-state index contributed by atoms with van der Waals surface area (Å²) in [6, 6.07) is 21.6. The number of hydrogen-bond donors (Lipinski definition) is 3. The van der Waals surface area contributed by atoms with E-state index in [1.165, 1.54) is 0 Å². The van der Waals surface area contributed by atoms with Gasteiger partial charge >= 0.3 is 0 Å². The number of aromatic hydroxyl groups is 3. The van der Waals surface area contributed by atoms with E-state index >= 15 is 0 Å². The van der Waals surface area contributed by atoms with Crippen molar-refractivity contribution in [3.63, 3.8) is 0 Å². The molecule has 0 bridgehead atoms. The highest BCUT2D eigenvalue weighted by atomic mass is 16.5. The second-order valence-corrected chi connectivity index (χ2v) is 8.81. The van der Waals surface area contributed by atoms with Crippen molar-refractivity contribution in [2.45, 2.75) is 32.0 Å². The van der Waals surface area contributed by atoms with Crippen LogP contribution in [0, 0.1) is 11.8 Å². The van der Waals surface area contributed by atoms with Crippen LogP contribution < -0.4 is 0 Å². The van der Waals surface area contributed by atoms with Crippen molar-refractivity contribution in [2.24, 2.45) is 11.8 Å². The van der Waals surface area contributed by atoms with E-state index in [9.17, 15) is 15.3 Å². The van der Waals surface area contributed by atoms with Gasteiger partial charge in [-0.05, 0) is 78.8 Å². The Kier molecular flexibility index (Phi) is 7.88. The summed E-state index contributed by atoms with van der Waals surface area (Å²) in [5.41, 5.74) is 3.08. The van der Waals surface area contributed by atoms with Crippen molar-refractivity contribution in [1.82, 2.24) is 0 Å². The van der Waals surface area contributed by atoms with E-state index in [0.29, 0.717) is 13.2 Å². The van der Waals surface area contributed by atoms with Crippen LogP contribution in [-0.2, 0) is 9.47 Å². The summed E-state index contributed by atoms with van der Waals surface area (Å²) in [6.45, 7) is 3.24. The van der Waals surface area contributed by atoms with Crippen LogP contribution in [0.3, 0.4) is 0 Å². The fourth-order valence-corrected chi connectivity index (χ4v) is 4.65. The van der Waals surface area contributed by atoms with Crippen LogP contribution in [0.1, 0.15) is 48.7 Å². The van der Waals surface area contributed by atoms with Gasteiger partial charge in [0.05, 0.1) is 18.8 Å². The summed E-state index contributed by atoms with van der Waals surface area (Å²) in [5, 5.41) is 29.1. The summed E-state index contributed by atoms with van der Waals surface area (Å²) in [5.74, 6) is 1.10. The summed E-state index contributed by atoms with van der Waals surface area (Å²) in [4.78, 5) is 0. The van der Waals surface area contributed by atoms with Gasteiger partial charge in [-0.3, -0.25) is 0 Å². The maximum Gasteiger partial charge on any atom is 0.115 e. The first-order chi connectivity index (χ1) is 16.5. The largest absolute Gasteiger partial charge is 0.508 e. The monoisotopic (exact) mass is 460 g/mol. The molecule has 0 radical (unpaired) electrons.